The Balaban J connectivity index is 0.000000962. The summed E-state index contributed by atoms with van der Waals surface area (Å²) in [5, 5.41) is 0. The van der Waals surface area contributed by atoms with Crippen LogP contribution in [0.3, 0.4) is 0 Å². The van der Waals surface area contributed by atoms with Crippen molar-refractivity contribution >= 4 is 12.3 Å². The van der Waals surface area contributed by atoms with Gasteiger partial charge in [-0.2, -0.15) is 0 Å². The minimum absolute atomic E-state index is 0. The molecule has 0 aromatic heterocycles. The molecule has 4 heteroatoms. The van der Waals surface area contributed by atoms with Crippen LogP contribution < -0.4 is 5.73 Å². The van der Waals surface area contributed by atoms with E-state index < -0.39 is 11.0 Å². The molecule has 2 N–H and O–H groups in total. The first-order chi connectivity index (χ1) is 24.0. The number of carbonyl (C=O) groups is 2. The van der Waals surface area contributed by atoms with Crippen molar-refractivity contribution in [2.24, 2.45) is 62.9 Å². The molecule has 0 aliphatic heterocycles. The van der Waals surface area contributed by atoms with E-state index in [0.717, 1.165) is 53.3 Å². The van der Waals surface area contributed by atoms with E-state index >= 15 is 0 Å². The van der Waals surface area contributed by atoms with Crippen molar-refractivity contribution in [3.63, 3.8) is 0 Å². The average Bonchev–Trinajstić information content (AvgIpc) is 3.30. The SMILES string of the molecule is C.C#CC.C=C1CC2(CCN)CCC3C(CCC4C56CCC(C)CC5CCC346)C2=C1C(C)C.CC.CC.CC.CC(C)(C)OC(=O)C(C)(C)CC=O. The first-order valence-electron chi connectivity index (χ1n) is 21.2. The summed E-state index contributed by atoms with van der Waals surface area (Å²) in [6.45, 7) is 35.3. The molecule has 0 saturated heterocycles. The number of esters is 1. The Bertz CT molecular complexity index is 1210. The smallest absolute Gasteiger partial charge is 0.312 e. The normalized spacial score (nSPS) is 33.0. The summed E-state index contributed by atoms with van der Waals surface area (Å²) in [6.07, 6.45) is 21.6. The van der Waals surface area contributed by atoms with E-state index in [-0.39, 0.29) is 19.8 Å². The van der Waals surface area contributed by atoms with Crippen molar-refractivity contribution in [1.82, 2.24) is 0 Å². The van der Waals surface area contributed by atoms with Gasteiger partial charge >= 0.3 is 5.97 Å². The van der Waals surface area contributed by atoms with Crippen molar-refractivity contribution in [3.8, 4) is 12.3 Å². The molecule has 6 aliphatic rings. The fourth-order valence-corrected chi connectivity index (χ4v) is 11.9. The Labute approximate surface area is 324 Å². The van der Waals surface area contributed by atoms with Crippen LogP contribution in [0.4, 0.5) is 0 Å². The Morgan fingerprint density at radius 3 is 2.04 bits per heavy atom. The van der Waals surface area contributed by atoms with Gasteiger partial charge in [0.25, 0.3) is 0 Å². The number of hydrogen-bond acceptors (Lipinski definition) is 4. The lowest BCUT2D eigenvalue weighted by Gasteiger charge is -2.51. The quantitative estimate of drug-likeness (QED) is 0.168. The van der Waals surface area contributed by atoms with Gasteiger partial charge in [-0.15, -0.1) is 12.3 Å². The van der Waals surface area contributed by atoms with Crippen LogP contribution >= 0.6 is 0 Å². The van der Waals surface area contributed by atoms with Crippen molar-refractivity contribution in [2.75, 3.05) is 6.54 Å². The highest BCUT2D eigenvalue weighted by Gasteiger charge is 2.84. The molecule has 0 aromatic carbocycles. The van der Waals surface area contributed by atoms with Gasteiger partial charge in [0.05, 0.1) is 5.41 Å². The number of nitrogens with two attached hydrogens (primary N) is 1. The van der Waals surface area contributed by atoms with Gasteiger partial charge in [0.2, 0.25) is 0 Å². The fraction of sp³-hybridized carbons (Fsp3) is 0.833. The monoisotopic (exact) mass is 726 g/mol. The molecule has 2 spiro atoms. The molecule has 8 atom stereocenters. The van der Waals surface area contributed by atoms with Gasteiger partial charge in [0, 0.05) is 6.42 Å². The van der Waals surface area contributed by atoms with Crippen LogP contribution in [-0.4, -0.2) is 24.4 Å². The zero-order valence-corrected chi connectivity index (χ0v) is 36.3. The Hall–Kier alpha value is -1.86. The molecule has 6 aliphatic carbocycles. The number of allylic oxidation sites excluding steroid dienone is 3. The third-order valence-corrected chi connectivity index (χ3v) is 13.2. The Morgan fingerprint density at radius 1 is 0.981 bits per heavy atom. The molecule has 4 nitrogen and oxygen atoms in total. The number of fused-ring (bicyclic) bond motifs is 3. The van der Waals surface area contributed by atoms with Crippen LogP contribution in [0.15, 0.2) is 23.3 Å². The lowest BCUT2D eigenvalue weighted by Crippen LogP contribution is -2.42. The van der Waals surface area contributed by atoms with E-state index in [9.17, 15) is 9.59 Å². The molecule has 6 rings (SSSR count). The highest BCUT2D eigenvalue weighted by atomic mass is 16.6. The lowest BCUT2D eigenvalue weighted by molar-refractivity contribution is -0.166. The number of terminal acetylenes is 1. The minimum atomic E-state index is -0.713. The number of aldehydes is 1. The number of carbonyl (C=O) groups excluding carboxylic acids is 2. The molecule has 0 bridgehead atoms. The van der Waals surface area contributed by atoms with E-state index in [1.165, 1.54) is 50.5 Å². The summed E-state index contributed by atoms with van der Waals surface area (Å²) in [5.41, 5.74) is 12.0. The zero-order chi connectivity index (χ0) is 39.6. The first kappa shape index (κ1) is 50.1. The zero-order valence-electron chi connectivity index (χ0n) is 36.3. The van der Waals surface area contributed by atoms with E-state index in [0.29, 0.717) is 11.3 Å². The molecular formula is C48H87NO3. The minimum Gasteiger partial charge on any atom is -0.460 e. The maximum Gasteiger partial charge on any atom is 0.312 e. The standard InChI is InChI=1S/C28H43N.C10H18O3.C3H4.3C2H6.CH4/c1-17(2)24-19(4)16-26(13-14-29)10-9-22-21(25(24)26)5-6-23-27-11-7-18(3)15-20(27)8-12-28(22,23)27;1-9(2,3)13-8(12)10(4,5)6-7-11;1-3-2;3*1-2;/h17-18,20-23H,4-16,29H2,1-3H3;7H,6H2,1-5H3;1H,2H3;3*1-2H3;1H4. The van der Waals surface area contributed by atoms with Crippen LogP contribution in [0.5, 0.6) is 0 Å². The highest BCUT2D eigenvalue weighted by Crippen LogP contribution is 2.90. The maximum atomic E-state index is 11.5. The van der Waals surface area contributed by atoms with Crippen molar-refractivity contribution in [3.05, 3.63) is 23.3 Å². The molecule has 5 saturated carbocycles. The second-order valence-corrected chi connectivity index (χ2v) is 17.7. The molecular weight excluding hydrogens is 639 g/mol. The van der Waals surface area contributed by atoms with Crippen molar-refractivity contribution in [2.45, 2.75) is 194 Å². The van der Waals surface area contributed by atoms with Crippen LogP contribution in [-0.2, 0) is 14.3 Å². The number of ether oxygens (including phenoxy) is 1. The molecule has 0 heterocycles. The molecule has 0 radical (unpaired) electrons. The van der Waals surface area contributed by atoms with Gasteiger partial charge in [-0.3, -0.25) is 4.79 Å². The van der Waals surface area contributed by atoms with Gasteiger partial charge in [0.1, 0.15) is 11.9 Å². The fourth-order valence-electron chi connectivity index (χ4n) is 11.9. The molecule has 302 valence electrons. The number of rotatable bonds is 6. The molecule has 5 fully saturated rings. The topological polar surface area (TPSA) is 69.4 Å². The van der Waals surface area contributed by atoms with Crippen molar-refractivity contribution in [1.29, 1.82) is 0 Å². The van der Waals surface area contributed by atoms with Gasteiger partial charge in [-0.25, -0.2) is 0 Å². The summed E-state index contributed by atoms with van der Waals surface area (Å²) in [6, 6.07) is 0. The van der Waals surface area contributed by atoms with Gasteiger partial charge in [0.15, 0.2) is 0 Å². The van der Waals surface area contributed by atoms with Crippen LogP contribution in [0.2, 0.25) is 0 Å². The van der Waals surface area contributed by atoms with E-state index in [2.05, 4.69) is 39.7 Å². The van der Waals surface area contributed by atoms with Gasteiger partial charge in [-0.05, 0) is 170 Å². The number of hydrogen-bond donors (Lipinski definition) is 1. The van der Waals surface area contributed by atoms with E-state index in [1.54, 1.807) is 52.0 Å². The summed E-state index contributed by atoms with van der Waals surface area (Å²) in [7, 11) is 0. The van der Waals surface area contributed by atoms with Crippen molar-refractivity contribution < 1.29 is 14.3 Å². The molecule has 0 aromatic rings. The predicted molar refractivity (Wildman–Crippen MR) is 227 cm³/mol. The largest absolute Gasteiger partial charge is 0.460 e. The highest BCUT2D eigenvalue weighted by molar-refractivity contribution is 5.79. The predicted octanol–water partition coefficient (Wildman–Crippen LogP) is 13.2. The second kappa shape index (κ2) is 20.7. The Kier molecular flexibility index (Phi) is 20.0. The second-order valence-electron chi connectivity index (χ2n) is 17.7. The summed E-state index contributed by atoms with van der Waals surface area (Å²) in [4.78, 5) is 21.8. The van der Waals surface area contributed by atoms with Crippen LogP contribution in [0, 0.1) is 69.5 Å². The summed E-state index contributed by atoms with van der Waals surface area (Å²) >= 11 is 0. The van der Waals surface area contributed by atoms with E-state index in [4.69, 9.17) is 10.5 Å². The lowest BCUT2D eigenvalue weighted by atomic mass is 9.54. The van der Waals surface area contributed by atoms with Gasteiger partial charge < -0.3 is 15.3 Å². The summed E-state index contributed by atoms with van der Waals surface area (Å²) < 4.78 is 5.16. The van der Waals surface area contributed by atoms with E-state index in [1.807, 2.05) is 67.9 Å². The molecule has 52 heavy (non-hydrogen) atoms. The molecule has 8 unspecified atom stereocenters. The third kappa shape index (κ3) is 9.50. The summed E-state index contributed by atoms with van der Waals surface area (Å²) in [5.74, 6) is 7.55. The van der Waals surface area contributed by atoms with Crippen LogP contribution in [0.25, 0.3) is 0 Å². The van der Waals surface area contributed by atoms with Crippen LogP contribution in [0.1, 0.15) is 188 Å². The average molecular weight is 726 g/mol. The first-order valence-corrected chi connectivity index (χ1v) is 21.2. The molecule has 0 amide bonds. The Morgan fingerprint density at radius 2 is 1.54 bits per heavy atom. The maximum absolute atomic E-state index is 11.5. The van der Waals surface area contributed by atoms with Gasteiger partial charge in [-0.1, -0.05) is 93.9 Å². The third-order valence-electron chi connectivity index (χ3n) is 13.2.